The lowest BCUT2D eigenvalue weighted by Gasteiger charge is -2.35. The molecule has 2 atom stereocenters. The van der Waals surface area contributed by atoms with E-state index < -0.39 is 0 Å². The van der Waals surface area contributed by atoms with Gasteiger partial charge in [-0.3, -0.25) is 4.79 Å². The van der Waals surface area contributed by atoms with E-state index in [4.69, 9.17) is 4.74 Å². The van der Waals surface area contributed by atoms with Crippen LogP contribution in [0.4, 0.5) is 0 Å². The Morgan fingerprint density at radius 3 is 2.16 bits per heavy atom. The average molecular weight is 341 g/mol. The molecule has 3 heteroatoms. The molecule has 2 rings (SSSR count). The van der Waals surface area contributed by atoms with Gasteiger partial charge in [-0.15, -0.1) is 0 Å². The van der Waals surface area contributed by atoms with Gasteiger partial charge in [0.1, 0.15) is 5.75 Å². The molecule has 0 spiro atoms. The first kappa shape index (κ1) is 19.3. The summed E-state index contributed by atoms with van der Waals surface area (Å²) >= 11 is 0. The number of benzene rings is 2. The van der Waals surface area contributed by atoms with E-state index in [9.17, 15) is 4.79 Å². The number of nitrogens with one attached hydrogen (secondary N) is 1. The molecule has 0 bridgehead atoms. The number of ether oxygens (including phenoxy) is 1. The van der Waals surface area contributed by atoms with Crippen molar-refractivity contribution in [2.75, 3.05) is 7.11 Å². The molecule has 0 aliphatic rings. The fourth-order valence-electron chi connectivity index (χ4n) is 3.45. The molecular formula is C22H31NO2. The maximum atomic E-state index is 12.8. The van der Waals surface area contributed by atoms with E-state index in [1.165, 1.54) is 0 Å². The Morgan fingerprint density at radius 1 is 1.00 bits per heavy atom. The first-order valence-corrected chi connectivity index (χ1v) is 9.01. The largest absolute Gasteiger partial charge is 0.497 e. The molecule has 0 fully saturated rings. The van der Waals surface area contributed by atoms with Crippen LogP contribution in [0.3, 0.4) is 0 Å². The van der Waals surface area contributed by atoms with Gasteiger partial charge in [-0.25, -0.2) is 0 Å². The Morgan fingerprint density at radius 2 is 1.60 bits per heavy atom. The summed E-state index contributed by atoms with van der Waals surface area (Å²) in [4.78, 5) is 12.8. The Labute approximate surface area is 151 Å². The summed E-state index contributed by atoms with van der Waals surface area (Å²) in [6.45, 7) is 12.8. The summed E-state index contributed by atoms with van der Waals surface area (Å²) in [5.74, 6) is 1.13. The van der Waals surface area contributed by atoms with Crippen LogP contribution in [0.1, 0.15) is 53.0 Å². The predicted octanol–water partition coefficient (Wildman–Crippen LogP) is 5.14. The molecule has 0 heterocycles. The molecule has 3 nitrogen and oxygen atoms in total. The van der Waals surface area contributed by atoms with E-state index in [-0.39, 0.29) is 23.3 Å². The van der Waals surface area contributed by atoms with Crippen molar-refractivity contribution < 1.29 is 9.53 Å². The SMILES string of the molecule is COc1ccc2cc([C@H](C)C(=O)NC(C(C)C)C(C)(C)C)ccc2c1. The highest BCUT2D eigenvalue weighted by Crippen LogP contribution is 2.28. The van der Waals surface area contributed by atoms with E-state index in [1.807, 2.05) is 31.2 Å². The van der Waals surface area contributed by atoms with Gasteiger partial charge in [0, 0.05) is 6.04 Å². The van der Waals surface area contributed by atoms with Gasteiger partial charge in [-0.05, 0) is 46.7 Å². The number of methoxy groups -OCH3 is 1. The normalized spacial score (nSPS) is 14.4. The number of fused-ring (bicyclic) bond motifs is 1. The van der Waals surface area contributed by atoms with Crippen LogP contribution in [0.15, 0.2) is 36.4 Å². The van der Waals surface area contributed by atoms with Gasteiger partial charge >= 0.3 is 0 Å². The van der Waals surface area contributed by atoms with Gasteiger partial charge in [-0.2, -0.15) is 0 Å². The van der Waals surface area contributed by atoms with Gasteiger partial charge in [0.05, 0.1) is 13.0 Å². The zero-order chi connectivity index (χ0) is 18.8. The molecule has 0 saturated carbocycles. The molecule has 0 aliphatic heterocycles. The maximum Gasteiger partial charge on any atom is 0.227 e. The second-order valence-electron chi connectivity index (χ2n) is 8.29. The molecule has 136 valence electrons. The summed E-state index contributed by atoms with van der Waals surface area (Å²) in [7, 11) is 1.67. The highest BCUT2D eigenvalue weighted by atomic mass is 16.5. The van der Waals surface area contributed by atoms with Crippen LogP contribution in [-0.4, -0.2) is 19.1 Å². The number of carbonyl (C=O) groups excluding carboxylic acids is 1. The molecule has 0 saturated heterocycles. The number of carbonyl (C=O) groups is 1. The van der Waals surface area contributed by atoms with Gasteiger partial charge < -0.3 is 10.1 Å². The summed E-state index contributed by atoms with van der Waals surface area (Å²) in [5, 5.41) is 5.50. The van der Waals surface area contributed by atoms with Crippen molar-refractivity contribution in [3.8, 4) is 5.75 Å². The Balaban J connectivity index is 2.22. The van der Waals surface area contributed by atoms with E-state index in [1.54, 1.807) is 7.11 Å². The van der Waals surface area contributed by atoms with E-state index in [0.717, 1.165) is 22.1 Å². The topological polar surface area (TPSA) is 38.3 Å². The van der Waals surface area contributed by atoms with Crippen molar-refractivity contribution in [1.29, 1.82) is 0 Å². The van der Waals surface area contributed by atoms with Crippen molar-refractivity contribution in [3.63, 3.8) is 0 Å². The number of hydrogen-bond acceptors (Lipinski definition) is 2. The Bertz CT molecular complexity index is 743. The fraction of sp³-hybridized carbons (Fsp3) is 0.500. The molecule has 25 heavy (non-hydrogen) atoms. The molecular weight excluding hydrogens is 310 g/mol. The van der Waals surface area contributed by atoms with Gasteiger partial charge in [0.15, 0.2) is 0 Å². The van der Waals surface area contributed by atoms with Crippen LogP contribution in [0, 0.1) is 11.3 Å². The minimum absolute atomic E-state index is 0.0312. The predicted molar refractivity (Wildman–Crippen MR) is 105 cm³/mol. The number of amides is 1. The fourth-order valence-corrected chi connectivity index (χ4v) is 3.45. The van der Waals surface area contributed by atoms with Gasteiger partial charge in [0.25, 0.3) is 0 Å². The van der Waals surface area contributed by atoms with E-state index in [2.05, 4.69) is 52.1 Å². The summed E-state index contributed by atoms with van der Waals surface area (Å²) < 4.78 is 5.27. The number of rotatable bonds is 5. The van der Waals surface area contributed by atoms with E-state index >= 15 is 0 Å². The van der Waals surface area contributed by atoms with Crippen LogP contribution >= 0.6 is 0 Å². The third-order valence-electron chi connectivity index (χ3n) is 4.86. The molecule has 2 aromatic carbocycles. The first-order valence-electron chi connectivity index (χ1n) is 9.01. The number of hydrogen-bond donors (Lipinski definition) is 1. The smallest absolute Gasteiger partial charge is 0.227 e. The first-order chi connectivity index (χ1) is 11.6. The molecule has 1 unspecified atom stereocenters. The minimum Gasteiger partial charge on any atom is -0.497 e. The summed E-state index contributed by atoms with van der Waals surface area (Å²) in [6, 6.07) is 12.3. The van der Waals surface area contributed by atoms with Crippen molar-refractivity contribution in [3.05, 3.63) is 42.0 Å². The zero-order valence-corrected chi connectivity index (χ0v) is 16.5. The van der Waals surface area contributed by atoms with Crippen LogP contribution in [0.25, 0.3) is 10.8 Å². The lowest BCUT2D eigenvalue weighted by Crippen LogP contribution is -2.48. The minimum atomic E-state index is -0.185. The maximum absolute atomic E-state index is 12.8. The monoisotopic (exact) mass is 341 g/mol. The van der Waals surface area contributed by atoms with E-state index in [0.29, 0.717) is 5.92 Å². The van der Waals surface area contributed by atoms with Crippen LogP contribution in [0.2, 0.25) is 0 Å². The van der Waals surface area contributed by atoms with Crippen molar-refractivity contribution >= 4 is 16.7 Å². The Hall–Kier alpha value is -2.03. The summed E-state index contributed by atoms with van der Waals surface area (Å²) in [6.07, 6.45) is 0. The quantitative estimate of drug-likeness (QED) is 0.818. The third-order valence-corrected chi connectivity index (χ3v) is 4.86. The van der Waals surface area contributed by atoms with Gasteiger partial charge in [-0.1, -0.05) is 58.9 Å². The van der Waals surface area contributed by atoms with Crippen LogP contribution in [0.5, 0.6) is 5.75 Å². The molecule has 0 radical (unpaired) electrons. The van der Waals surface area contributed by atoms with Crippen molar-refractivity contribution in [1.82, 2.24) is 5.32 Å². The van der Waals surface area contributed by atoms with Crippen molar-refractivity contribution in [2.45, 2.75) is 53.5 Å². The second kappa shape index (κ2) is 7.47. The molecule has 0 aromatic heterocycles. The summed E-state index contributed by atoms with van der Waals surface area (Å²) in [5.41, 5.74) is 1.07. The molecule has 1 N–H and O–H groups in total. The molecule has 0 aliphatic carbocycles. The standard InChI is InChI=1S/C22H31NO2/c1-14(2)20(22(4,5)6)23-21(24)15(3)16-8-9-18-13-19(25-7)11-10-17(18)12-16/h8-15,20H,1-7H3,(H,23,24)/t15-,20?/m0/s1. The van der Waals surface area contributed by atoms with Gasteiger partial charge in [0.2, 0.25) is 5.91 Å². The zero-order valence-electron chi connectivity index (χ0n) is 16.5. The highest BCUT2D eigenvalue weighted by Gasteiger charge is 2.30. The highest BCUT2D eigenvalue weighted by molar-refractivity contribution is 5.88. The molecule has 2 aromatic rings. The van der Waals surface area contributed by atoms with Crippen LogP contribution < -0.4 is 10.1 Å². The lowest BCUT2D eigenvalue weighted by molar-refractivity contribution is -0.124. The molecule has 1 amide bonds. The Kier molecular flexibility index (Phi) is 5.76. The lowest BCUT2D eigenvalue weighted by atomic mass is 9.80. The third kappa shape index (κ3) is 4.53. The average Bonchev–Trinajstić information content (AvgIpc) is 2.56. The van der Waals surface area contributed by atoms with Crippen LogP contribution in [-0.2, 0) is 4.79 Å². The van der Waals surface area contributed by atoms with Crippen molar-refractivity contribution in [2.24, 2.45) is 11.3 Å². The second-order valence-corrected chi connectivity index (χ2v) is 8.29.